The Bertz CT molecular complexity index is 461. The molecule has 4 nitrogen and oxygen atoms in total. The zero-order chi connectivity index (χ0) is 11.4. The largest absolute Gasteiger partial charge is 0.316 e. The molecule has 1 atom stereocenters. The molecule has 6 heteroatoms. The van der Waals surface area contributed by atoms with Gasteiger partial charge in [-0.15, -0.1) is 23.7 Å². The molecule has 0 radical (unpaired) electrons. The zero-order valence-corrected chi connectivity index (χ0v) is 10.5. The summed E-state index contributed by atoms with van der Waals surface area (Å²) in [6, 6.07) is 8.58. The van der Waals surface area contributed by atoms with E-state index in [1.54, 1.807) is 11.6 Å². The third kappa shape index (κ3) is 3.52. The van der Waals surface area contributed by atoms with Crippen molar-refractivity contribution in [3.05, 3.63) is 47.5 Å². The number of nitrogens with one attached hydrogen (secondary N) is 1. The lowest BCUT2D eigenvalue weighted by Crippen LogP contribution is -2.27. The molecule has 0 saturated carbocycles. The number of nitrogens with zero attached hydrogens (tertiary/aromatic N) is 1. The van der Waals surface area contributed by atoms with Gasteiger partial charge >= 0.3 is 0 Å². The highest BCUT2D eigenvalue weighted by molar-refractivity contribution is 7.13. The van der Waals surface area contributed by atoms with E-state index in [1.165, 1.54) is 11.3 Å². The summed E-state index contributed by atoms with van der Waals surface area (Å²) >= 11 is 1.37. The van der Waals surface area contributed by atoms with E-state index in [-0.39, 0.29) is 18.3 Å². The summed E-state index contributed by atoms with van der Waals surface area (Å²) in [7, 11) is 0. The van der Waals surface area contributed by atoms with Crippen LogP contribution < -0.4 is 11.1 Å². The molecular weight excluding hydrogens is 258 g/mol. The molecule has 0 aliphatic carbocycles. The Balaban J connectivity index is 0.00000144. The molecule has 2 aromatic rings. The van der Waals surface area contributed by atoms with E-state index in [1.807, 2.05) is 30.3 Å². The van der Waals surface area contributed by atoms with Crippen LogP contribution in [0.3, 0.4) is 0 Å². The lowest BCUT2D eigenvalue weighted by Gasteiger charge is -2.10. The smallest absolute Gasteiger partial charge is 0.247 e. The van der Waals surface area contributed by atoms with Crippen LogP contribution in [0, 0.1) is 0 Å². The molecule has 1 aromatic heterocycles. The van der Waals surface area contributed by atoms with Gasteiger partial charge < -0.3 is 11.1 Å². The molecule has 0 bridgehead atoms. The molecule has 17 heavy (non-hydrogen) atoms. The van der Waals surface area contributed by atoms with Gasteiger partial charge in [-0.25, -0.2) is 4.98 Å². The Morgan fingerprint density at radius 3 is 2.65 bits per heavy atom. The first kappa shape index (κ1) is 13.6. The molecule has 90 valence electrons. The fourth-order valence-electron chi connectivity index (χ4n) is 1.28. The van der Waals surface area contributed by atoms with Gasteiger partial charge in [0.15, 0.2) is 5.13 Å². The second kappa shape index (κ2) is 6.34. The summed E-state index contributed by atoms with van der Waals surface area (Å²) in [6.07, 6.45) is 1.63. The summed E-state index contributed by atoms with van der Waals surface area (Å²) in [5.41, 5.74) is 6.61. The van der Waals surface area contributed by atoms with Crippen molar-refractivity contribution in [1.29, 1.82) is 0 Å². The van der Waals surface area contributed by atoms with Gasteiger partial charge in [0.1, 0.15) is 6.04 Å². The van der Waals surface area contributed by atoms with Crippen molar-refractivity contribution in [1.82, 2.24) is 4.98 Å². The number of hydrogen-bond donors (Lipinski definition) is 2. The molecule has 0 aliphatic heterocycles. The molecule has 1 aromatic carbocycles. The summed E-state index contributed by atoms with van der Waals surface area (Å²) in [5.74, 6) is -0.249. The predicted molar refractivity (Wildman–Crippen MR) is 71.4 cm³/mol. The van der Waals surface area contributed by atoms with Crippen molar-refractivity contribution in [2.24, 2.45) is 5.73 Å². The van der Waals surface area contributed by atoms with Crippen LogP contribution in [0.25, 0.3) is 0 Å². The SMILES string of the molecule is Cl.N[C@@H](C(=O)Nc1nccs1)c1ccccc1. The number of nitrogens with two attached hydrogens (primary N) is 1. The van der Waals surface area contributed by atoms with Crippen LogP contribution in [0.4, 0.5) is 5.13 Å². The molecule has 0 spiro atoms. The maximum Gasteiger partial charge on any atom is 0.247 e. The topological polar surface area (TPSA) is 68.0 Å². The van der Waals surface area contributed by atoms with Gasteiger partial charge in [-0.05, 0) is 5.56 Å². The highest BCUT2D eigenvalue weighted by atomic mass is 35.5. The minimum Gasteiger partial charge on any atom is -0.316 e. The van der Waals surface area contributed by atoms with E-state index < -0.39 is 6.04 Å². The quantitative estimate of drug-likeness (QED) is 0.898. The highest BCUT2D eigenvalue weighted by Crippen LogP contribution is 2.15. The molecule has 1 amide bonds. The number of halogens is 1. The summed E-state index contributed by atoms with van der Waals surface area (Å²) in [6.45, 7) is 0. The highest BCUT2D eigenvalue weighted by Gasteiger charge is 2.15. The molecule has 3 N–H and O–H groups in total. The molecule has 1 heterocycles. The lowest BCUT2D eigenvalue weighted by molar-refractivity contribution is -0.117. The number of carbonyl (C=O) groups is 1. The number of anilines is 1. The third-order valence-electron chi connectivity index (χ3n) is 2.10. The van der Waals surface area contributed by atoms with Crippen LogP contribution in [0.15, 0.2) is 41.9 Å². The van der Waals surface area contributed by atoms with Gasteiger partial charge in [-0.2, -0.15) is 0 Å². The number of amides is 1. The number of thiazole rings is 1. The monoisotopic (exact) mass is 269 g/mol. The molecule has 2 rings (SSSR count). The Kier molecular flexibility index (Phi) is 5.09. The second-order valence-electron chi connectivity index (χ2n) is 3.21. The third-order valence-corrected chi connectivity index (χ3v) is 2.79. The van der Waals surface area contributed by atoms with Gasteiger partial charge in [0.05, 0.1) is 0 Å². The van der Waals surface area contributed by atoms with Crippen LogP contribution in [0.2, 0.25) is 0 Å². The molecule has 0 saturated heterocycles. The van der Waals surface area contributed by atoms with Crippen molar-refractivity contribution in [3.8, 4) is 0 Å². The fraction of sp³-hybridized carbons (Fsp3) is 0.0909. The maximum absolute atomic E-state index is 11.7. The average Bonchev–Trinajstić information content (AvgIpc) is 2.82. The number of carbonyl (C=O) groups excluding carboxylic acids is 1. The van der Waals surface area contributed by atoms with Crippen LogP contribution >= 0.6 is 23.7 Å². The van der Waals surface area contributed by atoms with Crippen molar-refractivity contribution < 1.29 is 4.79 Å². The van der Waals surface area contributed by atoms with Gasteiger partial charge in [-0.3, -0.25) is 4.79 Å². The van der Waals surface area contributed by atoms with Crippen molar-refractivity contribution >= 4 is 34.8 Å². The molecule has 0 fully saturated rings. The average molecular weight is 270 g/mol. The Morgan fingerprint density at radius 1 is 1.35 bits per heavy atom. The van der Waals surface area contributed by atoms with E-state index in [0.717, 1.165) is 5.56 Å². The van der Waals surface area contributed by atoms with E-state index in [2.05, 4.69) is 10.3 Å². The van der Waals surface area contributed by atoms with Gasteiger partial charge in [0, 0.05) is 11.6 Å². The number of rotatable bonds is 3. The van der Waals surface area contributed by atoms with E-state index in [0.29, 0.717) is 5.13 Å². The van der Waals surface area contributed by atoms with Crippen LogP contribution in [0.5, 0.6) is 0 Å². The van der Waals surface area contributed by atoms with Crippen molar-refractivity contribution in [3.63, 3.8) is 0 Å². The first-order chi connectivity index (χ1) is 7.77. The molecule has 0 unspecified atom stereocenters. The van der Waals surface area contributed by atoms with Crippen LogP contribution in [-0.2, 0) is 4.79 Å². The van der Waals surface area contributed by atoms with Gasteiger partial charge in [0.2, 0.25) is 5.91 Å². The van der Waals surface area contributed by atoms with Crippen molar-refractivity contribution in [2.75, 3.05) is 5.32 Å². The van der Waals surface area contributed by atoms with Crippen LogP contribution in [-0.4, -0.2) is 10.9 Å². The minimum absolute atomic E-state index is 0. The predicted octanol–water partition coefficient (Wildman–Crippen LogP) is 2.20. The van der Waals surface area contributed by atoms with E-state index in [4.69, 9.17) is 5.73 Å². The summed E-state index contributed by atoms with van der Waals surface area (Å²) in [5, 5.41) is 5.03. The first-order valence-electron chi connectivity index (χ1n) is 4.78. The Labute approximate surface area is 109 Å². The number of benzene rings is 1. The van der Waals surface area contributed by atoms with Crippen molar-refractivity contribution in [2.45, 2.75) is 6.04 Å². The Hall–Kier alpha value is -1.43. The van der Waals surface area contributed by atoms with Gasteiger partial charge in [0.25, 0.3) is 0 Å². The summed E-state index contributed by atoms with van der Waals surface area (Å²) in [4.78, 5) is 15.7. The maximum atomic E-state index is 11.7. The lowest BCUT2D eigenvalue weighted by atomic mass is 10.1. The number of hydrogen-bond acceptors (Lipinski definition) is 4. The standard InChI is InChI=1S/C11H11N3OS.ClH/c12-9(8-4-2-1-3-5-8)10(15)14-11-13-6-7-16-11;/h1-7,9H,12H2,(H,13,14,15);1H/t9-;/m1./s1. The van der Waals surface area contributed by atoms with E-state index >= 15 is 0 Å². The zero-order valence-electron chi connectivity index (χ0n) is 8.87. The summed E-state index contributed by atoms with van der Waals surface area (Å²) < 4.78 is 0. The molecule has 0 aliphatic rings. The minimum atomic E-state index is -0.662. The van der Waals surface area contributed by atoms with E-state index in [9.17, 15) is 4.79 Å². The first-order valence-corrected chi connectivity index (χ1v) is 5.66. The molecular formula is C11H12ClN3OS. The van der Waals surface area contributed by atoms with Gasteiger partial charge in [-0.1, -0.05) is 30.3 Å². The number of aromatic nitrogens is 1. The fourth-order valence-corrected chi connectivity index (χ4v) is 1.81. The Morgan fingerprint density at radius 2 is 2.06 bits per heavy atom. The second-order valence-corrected chi connectivity index (χ2v) is 4.11. The van der Waals surface area contributed by atoms with Crippen LogP contribution in [0.1, 0.15) is 11.6 Å². The normalized spacial score (nSPS) is 11.4.